The number of rotatable bonds is 9. The first kappa shape index (κ1) is 24.7. The molecule has 0 saturated heterocycles. The van der Waals surface area contributed by atoms with Crippen molar-refractivity contribution in [1.82, 2.24) is 14.9 Å². The van der Waals surface area contributed by atoms with Crippen molar-refractivity contribution in [1.29, 1.82) is 0 Å². The molecule has 2 aromatic rings. The largest absolute Gasteiger partial charge is 0.471 e. The average molecular weight is 462 g/mol. The number of ether oxygens (including phenoxy) is 1. The summed E-state index contributed by atoms with van der Waals surface area (Å²) < 4.78 is 29.9. The highest BCUT2D eigenvalue weighted by Crippen LogP contribution is 2.34. The highest BCUT2D eigenvalue weighted by molar-refractivity contribution is 6.04. The van der Waals surface area contributed by atoms with E-state index in [-0.39, 0.29) is 42.3 Å². The number of carbonyl (C=O) groups is 2. The molecular weight excluding hydrogens is 432 g/mol. The average Bonchev–Trinajstić information content (AvgIpc) is 3.07. The topological polar surface area (TPSA) is 92.6 Å². The molecule has 2 unspecified atom stereocenters. The summed E-state index contributed by atoms with van der Waals surface area (Å²) in [7, 11) is 0. The summed E-state index contributed by atoms with van der Waals surface area (Å²) in [5, 5.41) is 10.1. The zero-order valence-corrected chi connectivity index (χ0v) is 19.4. The third kappa shape index (κ3) is 5.52. The predicted molar refractivity (Wildman–Crippen MR) is 117 cm³/mol. The Bertz CT molecular complexity index is 1050. The van der Waals surface area contributed by atoms with Gasteiger partial charge in [-0.15, -0.1) is 0 Å². The second kappa shape index (κ2) is 9.51. The number of Topliss-reactive ketones (excluding diaryl/α,β-unsaturated/α-hetero) is 1. The SMILES string of the molecule is Cc1cc(C(C)N2Cc3c(ccnc3C(=O)C(C)CC(C)(C)O)C2=O)cnc1OCC(F)F. The molecule has 7 nitrogen and oxygen atoms in total. The molecular formula is C24H29F2N3O4. The van der Waals surface area contributed by atoms with Crippen LogP contribution in [-0.2, 0) is 6.54 Å². The molecule has 0 aromatic carbocycles. The number of carbonyl (C=O) groups excluding carboxylic acids is 2. The molecule has 1 amide bonds. The maximum Gasteiger partial charge on any atom is 0.272 e. The molecule has 2 aromatic heterocycles. The van der Waals surface area contributed by atoms with Crippen molar-refractivity contribution in [3.8, 4) is 5.88 Å². The van der Waals surface area contributed by atoms with Gasteiger partial charge in [0.2, 0.25) is 5.88 Å². The van der Waals surface area contributed by atoms with Crippen LogP contribution in [0, 0.1) is 12.8 Å². The van der Waals surface area contributed by atoms with Crippen molar-refractivity contribution in [3.63, 3.8) is 0 Å². The van der Waals surface area contributed by atoms with E-state index in [4.69, 9.17) is 4.74 Å². The Morgan fingerprint density at radius 1 is 1.30 bits per heavy atom. The normalized spacial score (nSPS) is 15.5. The second-order valence-electron chi connectivity index (χ2n) is 9.17. The van der Waals surface area contributed by atoms with Gasteiger partial charge >= 0.3 is 0 Å². The third-order valence-corrected chi connectivity index (χ3v) is 5.71. The molecule has 1 aliphatic rings. The number of halogens is 2. The van der Waals surface area contributed by atoms with E-state index in [9.17, 15) is 23.5 Å². The Labute approximate surface area is 191 Å². The standard InChI is InChI=1S/C24H29F2N3O4/c1-13-8-16(10-28-22(13)33-12-19(25)26)15(3)29-11-18-17(23(29)31)6-7-27-20(18)21(30)14(2)9-24(4,5)32/h6-8,10,14-15,19,32H,9,11-12H2,1-5H3. The van der Waals surface area contributed by atoms with Gasteiger partial charge in [0.05, 0.1) is 11.6 Å². The summed E-state index contributed by atoms with van der Waals surface area (Å²) in [5.41, 5.74) is 1.55. The summed E-state index contributed by atoms with van der Waals surface area (Å²) in [6, 6.07) is 2.98. The van der Waals surface area contributed by atoms with Crippen molar-refractivity contribution in [2.45, 2.75) is 65.7 Å². The van der Waals surface area contributed by atoms with Crippen LogP contribution in [0.25, 0.3) is 0 Å². The first-order valence-corrected chi connectivity index (χ1v) is 10.8. The molecule has 3 rings (SSSR count). The zero-order chi connectivity index (χ0) is 24.5. The maximum atomic E-state index is 13.1. The quantitative estimate of drug-likeness (QED) is 0.565. The lowest BCUT2D eigenvalue weighted by Crippen LogP contribution is -2.28. The fourth-order valence-electron chi connectivity index (χ4n) is 4.14. The number of ketones is 1. The number of fused-ring (bicyclic) bond motifs is 1. The van der Waals surface area contributed by atoms with Gasteiger partial charge in [0.15, 0.2) is 12.4 Å². The van der Waals surface area contributed by atoms with Crippen molar-refractivity contribution >= 4 is 11.7 Å². The summed E-state index contributed by atoms with van der Waals surface area (Å²) in [6.07, 6.45) is 0.637. The summed E-state index contributed by atoms with van der Waals surface area (Å²) in [5.74, 6) is -0.771. The number of amides is 1. The van der Waals surface area contributed by atoms with Gasteiger partial charge in [-0.25, -0.2) is 13.8 Å². The molecule has 1 N–H and O–H groups in total. The number of aryl methyl sites for hydroxylation is 1. The van der Waals surface area contributed by atoms with Gasteiger partial charge in [0.1, 0.15) is 5.69 Å². The number of nitrogens with zero attached hydrogens (tertiary/aromatic N) is 3. The minimum atomic E-state index is -2.60. The first-order valence-electron chi connectivity index (χ1n) is 10.8. The summed E-state index contributed by atoms with van der Waals surface area (Å²) in [4.78, 5) is 36.2. The fraction of sp³-hybridized carbons (Fsp3) is 0.500. The van der Waals surface area contributed by atoms with Crippen LogP contribution in [0.15, 0.2) is 24.5 Å². The first-order chi connectivity index (χ1) is 15.4. The van der Waals surface area contributed by atoms with Gasteiger partial charge in [0.25, 0.3) is 12.3 Å². The van der Waals surface area contributed by atoms with E-state index in [0.717, 1.165) is 0 Å². The fourth-order valence-corrected chi connectivity index (χ4v) is 4.14. The lowest BCUT2D eigenvalue weighted by atomic mass is 9.89. The van der Waals surface area contributed by atoms with Crippen LogP contribution in [0.3, 0.4) is 0 Å². The van der Waals surface area contributed by atoms with Gasteiger partial charge in [0, 0.05) is 41.5 Å². The Morgan fingerprint density at radius 3 is 2.61 bits per heavy atom. The van der Waals surface area contributed by atoms with Crippen LogP contribution in [0.2, 0.25) is 0 Å². The Balaban J connectivity index is 1.82. The molecule has 3 heterocycles. The van der Waals surface area contributed by atoms with E-state index in [2.05, 4.69) is 9.97 Å². The number of alkyl halides is 2. The molecule has 0 spiro atoms. The van der Waals surface area contributed by atoms with E-state index < -0.39 is 24.6 Å². The number of aliphatic hydroxyl groups is 1. The number of hydrogen-bond acceptors (Lipinski definition) is 6. The van der Waals surface area contributed by atoms with Gasteiger partial charge in [-0.3, -0.25) is 14.6 Å². The van der Waals surface area contributed by atoms with Crippen molar-refractivity contribution < 1.29 is 28.2 Å². The molecule has 0 aliphatic carbocycles. The number of pyridine rings is 2. The lowest BCUT2D eigenvalue weighted by molar-refractivity contribution is 0.0496. The Morgan fingerprint density at radius 2 is 2.00 bits per heavy atom. The smallest absolute Gasteiger partial charge is 0.272 e. The van der Waals surface area contributed by atoms with Crippen LogP contribution >= 0.6 is 0 Å². The Kier molecular flexibility index (Phi) is 7.11. The molecule has 0 bridgehead atoms. The van der Waals surface area contributed by atoms with Crippen molar-refractivity contribution in [2.75, 3.05) is 6.61 Å². The van der Waals surface area contributed by atoms with Gasteiger partial charge in [-0.1, -0.05) is 6.92 Å². The van der Waals surface area contributed by atoms with E-state index in [0.29, 0.717) is 22.3 Å². The van der Waals surface area contributed by atoms with Gasteiger partial charge in [-0.2, -0.15) is 0 Å². The van der Waals surface area contributed by atoms with E-state index in [1.807, 2.05) is 6.92 Å². The highest BCUT2D eigenvalue weighted by Gasteiger charge is 2.36. The highest BCUT2D eigenvalue weighted by atomic mass is 19.3. The van der Waals surface area contributed by atoms with Gasteiger partial charge < -0.3 is 14.7 Å². The summed E-state index contributed by atoms with van der Waals surface area (Å²) >= 11 is 0. The third-order valence-electron chi connectivity index (χ3n) is 5.71. The molecule has 9 heteroatoms. The van der Waals surface area contributed by atoms with Crippen LogP contribution < -0.4 is 4.74 Å². The van der Waals surface area contributed by atoms with Crippen molar-refractivity contribution in [3.05, 3.63) is 52.5 Å². The Hall–Kier alpha value is -2.94. The van der Waals surface area contributed by atoms with Crippen LogP contribution in [0.4, 0.5) is 8.78 Å². The predicted octanol–water partition coefficient (Wildman–Crippen LogP) is 4.13. The van der Waals surface area contributed by atoms with Crippen LogP contribution in [0.5, 0.6) is 5.88 Å². The number of aromatic nitrogens is 2. The molecule has 178 valence electrons. The van der Waals surface area contributed by atoms with Crippen LogP contribution in [-0.4, -0.2) is 50.3 Å². The molecule has 2 atom stereocenters. The van der Waals surface area contributed by atoms with E-state index in [1.54, 1.807) is 44.7 Å². The van der Waals surface area contributed by atoms with Crippen LogP contribution in [0.1, 0.15) is 77.7 Å². The monoisotopic (exact) mass is 461 g/mol. The minimum Gasteiger partial charge on any atom is -0.471 e. The molecule has 33 heavy (non-hydrogen) atoms. The molecule has 0 radical (unpaired) electrons. The van der Waals surface area contributed by atoms with Crippen molar-refractivity contribution in [2.24, 2.45) is 5.92 Å². The zero-order valence-electron chi connectivity index (χ0n) is 19.4. The lowest BCUT2D eigenvalue weighted by Gasteiger charge is -2.25. The summed E-state index contributed by atoms with van der Waals surface area (Å²) in [6.45, 7) is 8.05. The maximum absolute atomic E-state index is 13.1. The van der Waals surface area contributed by atoms with Gasteiger partial charge in [-0.05, 0) is 51.8 Å². The molecule has 1 aliphatic heterocycles. The van der Waals surface area contributed by atoms with E-state index in [1.165, 1.54) is 12.4 Å². The molecule has 0 fully saturated rings. The van der Waals surface area contributed by atoms with E-state index >= 15 is 0 Å². The second-order valence-corrected chi connectivity index (χ2v) is 9.17. The minimum absolute atomic E-state index is 0.125. The number of hydrogen-bond donors (Lipinski definition) is 1. The molecule has 0 saturated carbocycles.